The largest absolute Gasteiger partial charge is 0.482 e. The van der Waals surface area contributed by atoms with Gasteiger partial charge in [0, 0.05) is 7.05 Å². The van der Waals surface area contributed by atoms with Gasteiger partial charge in [-0.05, 0) is 61.6 Å². The molecule has 1 heterocycles. The Morgan fingerprint density at radius 3 is 2.56 bits per heavy atom. The van der Waals surface area contributed by atoms with Crippen molar-refractivity contribution in [2.45, 2.75) is 26.2 Å². The van der Waals surface area contributed by atoms with Crippen LogP contribution in [0.3, 0.4) is 0 Å². The molecule has 0 saturated heterocycles. The molecule has 0 saturated carbocycles. The number of rotatable bonds is 7. The normalized spacial score (nSPS) is 12.3. The van der Waals surface area contributed by atoms with Crippen molar-refractivity contribution in [3.8, 4) is 11.4 Å². The second-order valence-corrected chi connectivity index (χ2v) is 7.72. The van der Waals surface area contributed by atoms with Gasteiger partial charge in [0.1, 0.15) is 11.4 Å². The lowest BCUT2D eigenvalue weighted by Crippen LogP contribution is -2.27. The van der Waals surface area contributed by atoms with Crippen molar-refractivity contribution >= 4 is 17.6 Å². The molecule has 0 fully saturated rings. The topological polar surface area (TPSA) is 91.6 Å². The molecule has 4 rings (SSSR count). The first-order chi connectivity index (χ1) is 15.4. The van der Waals surface area contributed by atoms with Crippen molar-refractivity contribution in [2.75, 3.05) is 18.5 Å². The number of carbonyl (C=O) groups excluding carboxylic acids is 2. The minimum Gasteiger partial charge on any atom is -0.482 e. The molecule has 0 aliphatic heterocycles. The zero-order chi connectivity index (χ0) is 22.7. The van der Waals surface area contributed by atoms with E-state index < -0.39 is 18.5 Å². The molecule has 166 valence electrons. The van der Waals surface area contributed by atoms with Crippen molar-refractivity contribution in [3.05, 3.63) is 75.7 Å². The third kappa shape index (κ3) is 4.44. The Morgan fingerprint density at radius 2 is 1.78 bits per heavy atom. The molecule has 0 radical (unpaired) electrons. The summed E-state index contributed by atoms with van der Waals surface area (Å²) in [4.78, 5) is 37.1. The number of nitrogens with one attached hydrogen (secondary N) is 1. The van der Waals surface area contributed by atoms with Crippen molar-refractivity contribution < 1.29 is 19.1 Å². The van der Waals surface area contributed by atoms with Crippen molar-refractivity contribution in [1.29, 1.82) is 0 Å². The van der Waals surface area contributed by atoms with Gasteiger partial charge in [0.2, 0.25) is 0 Å². The molecule has 1 aliphatic carbocycles. The first-order valence-electron chi connectivity index (χ1n) is 10.5. The summed E-state index contributed by atoms with van der Waals surface area (Å²) in [6.07, 6.45) is 3.22. The molecule has 0 atom stereocenters. The Labute approximate surface area is 185 Å². The number of nitrogens with zero attached hydrogens (tertiary/aromatic N) is 2. The second kappa shape index (κ2) is 9.13. The molecule has 8 nitrogen and oxygen atoms in total. The highest BCUT2D eigenvalue weighted by Gasteiger charge is 2.19. The maximum Gasteiger partial charge on any atom is 0.344 e. The number of carbonyl (C=O) groups is 2. The quantitative estimate of drug-likeness (QED) is 0.576. The number of amides is 1. The van der Waals surface area contributed by atoms with Crippen molar-refractivity contribution in [3.63, 3.8) is 0 Å². The summed E-state index contributed by atoms with van der Waals surface area (Å²) >= 11 is 0. The predicted molar refractivity (Wildman–Crippen MR) is 119 cm³/mol. The van der Waals surface area contributed by atoms with Crippen molar-refractivity contribution in [2.24, 2.45) is 7.05 Å². The number of fused-ring (bicyclic) bond motifs is 1. The fourth-order valence-electron chi connectivity index (χ4n) is 3.86. The van der Waals surface area contributed by atoms with Gasteiger partial charge in [0.05, 0.1) is 11.4 Å². The molecule has 8 heteroatoms. The molecule has 2 aromatic carbocycles. The van der Waals surface area contributed by atoms with E-state index >= 15 is 0 Å². The smallest absolute Gasteiger partial charge is 0.344 e. The van der Waals surface area contributed by atoms with Crippen LogP contribution < -0.4 is 15.6 Å². The van der Waals surface area contributed by atoms with Crippen molar-refractivity contribution in [1.82, 2.24) is 9.36 Å². The van der Waals surface area contributed by atoms with E-state index in [9.17, 15) is 14.4 Å². The van der Waals surface area contributed by atoms with Crippen LogP contribution in [0.5, 0.6) is 5.75 Å². The Bertz CT molecular complexity index is 1210. The van der Waals surface area contributed by atoms with E-state index in [4.69, 9.17) is 9.47 Å². The molecule has 0 spiro atoms. The van der Waals surface area contributed by atoms with Crippen LogP contribution in [0, 0.1) is 6.92 Å². The second-order valence-electron chi connectivity index (χ2n) is 7.72. The van der Waals surface area contributed by atoms with E-state index in [1.165, 1.54) is 15.8 Å². The van der Waals surface area contributed by atoms with E-state index in [2.05, 4.69) is 5.32 Å². The number of para-hydroxylation sites is 1. The summed E-state index contributed by atoms with van der Waals surface area (Å²) in [5.74, 6) is -0.651. The summed E-state index contributed by atoms with van der Waals surface area (Å²) in [6, 6.07) is 14.9. The Kier molecular flexibility index (Phi) is 6.11. The van der Waals surface area contributed by atoms with Gasteiger partial charge in [-0.15, -0.1) is 0 Å². The molecule has 1 aliphatic rings. The summed E-state index contributed by atoms with van der Waals surface area (Å²) < 4.78 is 13.6. The highest BCUT2D eigenvalue weighted by atomic mass is 16.6. The van der Waals surface area contributed by atoms with Crippen LogP contribution in [-0.4, -0.2) is 34.5 Å². The third-order valence-corrected chi connectivity index (χ3v) is 5.61. The average molecular weight is 435 g/mol. The van der Waals surface area contributed by atoms with Gasteiger partial charge in [-0.2, -0.15) is 0 Å². The SMILES string of the molecule is Cc1c(NC(=O)COC(=O)COc2ccc3c(c2)CCC3)c(=O)n(-c2ccccc2)n1C. The first-order valence-corrected chi connectivity index (χ1v) is 10.5. The average Bonchev–Trinajstić information content (AvgIpc) is 3.35. The molecule has 0 bridgehead atoms. The molecule has 1 N–H and O–H groups in total. The minimum absolute atomic E-state index is 0.145. The highest BCUT2D eigenvalue weighted by Crippen LogP contribution is 2.26. The number of ether oxygens (including phenoxy) is 2. The van der Waals surface area contributed by atoms with Gasteiger partial charge in [0.15, 0.2) is 13.2 Å². The maximum absolute atomic E-state index is 12.8. The van der Waals surface area contributed by atoms with Crippen LogP contribution in [0.25, 0.3) is 5.69 Å². The Balaban J connectivity index is 1.32. The number of aryl methyl sites for hydroxylation is 2. The number of hydrogen-bond acceptors (Lipinski definition) is 5. The van der Waals surface area contributed by atoms with E-state index in [1.54, 1.807) is 30.8 Å². The van der Waals surface area contributed by atoms with Crippen LogP contribution >= 0.6 is 0 Å². The number of hydrogen-bond donors (Lipinski definition) is 1. The minimum atomic E-state index is -0.660. The maximum atomic E-state index is 12.8. The number of esters is 1. The molecule has 1 aromatic heterocycles. The van der Waals surface area contributed by atoms with Gasteiger partial charge >= 0.3 is 5.97 Å². The summed E-state index contributed by atoms with van der Waals surface area (Å²) in [5, 5.41) is 2.56. The monoisotopic (exact) mass is 435 g/mol. The van der Waals surface area contributed by atoms with Crippen LogP contribution in [0.2, 0.25) is 0 Å². The highest BCUT2D eigenvalue weighted by molar-refractivity contribution is 5.93. The molecule has 3 aromatic rings. The summed E-state index contributed by atoms with van der Waals surface area (Å²) in [5.41, 5.74) is 3.61. The fraction of sp³-hybridized carbons (Fsp3) is 0.292. The fourth-order valence-corrected chi connectivity index (χ4v) is 3.86. The molecule has 0 unspecified atom stereocenters. The summed E-state index contributed by atoms with van der Waals surface area (Å²) in [7, 11) is 1.73. The third-order valence-electron chi connectivity index (χ3n) is 5.61. The van der Waals surface area contributed by atoms with E-state index in [-0.39, 0.29) is 17.9 Å². The molecular formula is C24H25N3O5. The molecule has 1 amide bonds. The van der Waals surface area contributed by atoms with Crippen LogP contribution in [0.4, 0.5) is 5.69 Å². The zero-order valence-electron chi connectivity index (χ0n) is 18.1. The van der Waals surface area contributed by atoms with Gasteiger partial charge in [-0.3, -0.25) is 14.3 Å². The van der Waals surface area contributed by atoms with E-state index in [1.807, 2.05) is 36.4 Å². The van der Waals surface area contributed by atoms with E-state index in [0.717, 1.165) is 19.3 Å². The van der Waals surface area contributed by atoms with Gasteiger partial charge < -0.3 is 14.8 Å². The van der Waals surface area contributed by atoms with Gasteiger partial charge in [0.25, 0.3) is 11.5 Å². The lowest BCUT2D eigenvalue weighted by molar-refractivity contribution is -0.149. The molecule has 32 heavy (non-hydrogen) atoms. The van der Waals surface area contributed by atoms with Crippen LogP contribution in [0.15, 0.2) is 53.3 Å². The standard InChI is InChI=1S/C24H25N3O5/c1-16-23(24(30)27(26(16)2)19-9-4-3-5-10-19)25-21(28)14-32-22(29)15-31-20-12-11-17-7-6-8-18(17)13-20/h3-5,9-13H,6-8,14-15H2,1-2H3,(H,25,28). The molecular weight excluding hydrogens is 410 g/mol. The zero-order valence-corrected chi connectivity index (χ0v) is 18.1. The van der Waals surface area contributed by atoms with Crippen LogP contribution in [-0.2, 0) is 34.2 Å². The van der Waals surface area contributed by atoms with Gasteiger partial charge in [-0.25, -0.2) is 9.48 Å². The number of anilines is 1. The van der Waals surface area contributed by atoms with E-state index in [0.29, 0.717) is 17.1 Å². The lowest BCUT2D eigenvalue weighted by atomic mass is 10.1. The Morgan fingerprint density at radius 1 is 1.03 bits per heavy atom. The van der Waals surface area contributed by atoms with Gasteiger partial charge in [-0.1, -0.05) is 24.3 Å². The Hall–Kier alpha value is -3.81. The summed E-state index contributed by atoms with van der Waals surface area (Å²) in [6.45, 7) is 0.926. The van der Waals surface area contributed by atoms with Crippen LogP contribution in [0.1, 0.15) is 23.2 Å². The number of aromatic nitrogens is 2. The lowest BCUT2D eigenvalue weighted by Gasteiger charge is -2.09. The number of benzene rings is 2. The first kappa shape index (κ1) is 21.4. The predicted octanol–water partition coefficient (Wildman–Crippen LogP) is 2.53.